The molecule has 206 valence electrons. The third-order valence-corrected chi connectivity index (χ3v) is 8.94. The third kappa shape index (κ3) is 5.90. The molecule has 3 rings (SSSR count). The molecule has 0 aromatic heterocycles. The Kier molecular flexibility index (Phi) is 8.84. The SMILES string of the molecule is C[C@H]1[C@H]2[C@@H]3C(=O)C(Cl)(Cl)C(O)[C@H](C)C(=O)O[C@@H](C)/C=C/C=C\[C@@H](C)[C@@H]3C=C[C@@H]2C[C@@](C)(O)[C@@H]1O[N+](=O)[O-]. The summed E-state index contributed by atoms with van der Waals surface area (Å²) in [6.45, 7) is 8.14. The van der Waals surface area contributed by atoms with Gasteiger partial charge in [-0.15, -0.1) is 10.1 Å². The second-order valence-corrected chi connectivity index (χ2v) is 12.3. The maximum Gasteiger partial charge on any atom is 0.311 e. The van der Waals surface area contributed by atoms with Gasteiger partial charge in [-0.3, -0.25) is 9.59 Å². The summed E-state index contributed by atoms with van der Waals surface area (Å²) >= 11 is 13.2. The van der Waals surface area contributed by atoms with Gasteiger partial charge in [0.05, 0.1) is 11.5 Å². The number of Topliss-reactive ketones (excluding diaryl/α,β-unsaturated/α-hetero) is 1. The molecule has 2 aliphatic carbocycles. The molecule has 0 aromatic carbocycles. The van der Waals surface area contributed by atoms with Crippen LogP contribution < -0.4 is 0 Å². The summed E-state index contributed by atoms with van der Waals surface area (Å²) in [7, 11) is 0. The highest BCUT2D eigenvalue weighted by Crippen LogP contribution is 2.53. The Morgan fingerprint density at radius 2 is 1.73 bits per heavy atom. The predicted octanol–water partition coefficient (Wildman–Crippen LogP) is 3.82. The monoisotopic (exact) mass is 559 g/mol. The van der Waals surface area contributed by atoms with E-state index in [1.807, 2.05) is 25.2 Å². The van der Waals surface area contributed by atoms with Crippen LogP contribution in [0.1, 0.15) is 41.0 Å². The lowest BCUT2D eigenvalue weighted by molar-refractivity contribution is -0.776. The Morgan fingerprint density at radius 3 is 2.35 bits per heavy atom. The maximum atomic E-state index is 14.1. The Labute approximate surface area is 226 Å². The van der Waals surface area contributed by atoms with Crippen molar-refractivity contribution in [1.29, 1.82) is 0 Å². The number of rotatable bonds is 2. The molecule has 3 aliphatic rings. The number of halogens is 2. The van der Waals surface area contributed by atoms with E-state index < -0.39 is 74.7 Å². The summed E-state index contributed by atoms with van der Waals surface area (Å²) in [4.78, 5) is 43.0. The number of fused-ring (bicyclic) bond motifs is 3. The van der Waals surface area contributed by atoms with Gasteiger partial charge in [0.25, 0.3) is 5.09 Å². The first-order chi connectivity index (χ1) is 17.1. The number of cyclic esters (lactones) is 1. The first-order valence-corrected chi connectivity index (χ1v) is 13.2. The molecule has 1 saturated carbocycles. The van der Waals surface area contributed by atoms with Crippen LogP contribution >= 0.6 is 23.2 Å². The number of alkyl halides is 2. The smallest absolute Gasteiger partial charge is 0.311 e. The van der Waals surface area contributed by atoms with Crippen LogP contribution in [0.4, 0.5) is 0 Å². The van der Waals surface area contributed by atoms with Gasteiger partial charge in [0.15, 0.2) is 5.78 Å². The van der Waals surface area contributed by atoms with Gasteiger partial charge in [0.2, 0.25) is 4.33 Å². The fourth-order valence-electron chi connectivity index (χ4n) is 6.21. The fourth-order valence-corrected chi connectivity index (χ4v) is 6.84. The lowest BCUT2D eigenvalue weighted by Gasteiger charge is -2.53. The van der Waals surface area contributed by atoms with Crippen LogP contribution in [0.5, 0.6) is 0 Å². The van der Waals surface area contributed by atoms with Crippen molar-refractivity contribution in [3.63, 3.8) is 0 Å². The number of ketones is 1. The molecule has 1 aliphatic heterocycles. The molecule has 0 spiro atoms. The van der Waals surface area contributed by atoms with Gasteiger partial charge in [-0.1, -0.05) is 67.4 Å². The highest BCUT2D eigenvalue weighted by molar-refractivity contribution is 6.59. The number of ether oxygens (including phenoxy) is 1. The minimum Gasteiger partial charge on any atom is -0.458 e. The van der Waals surface area contributed by atoms with Crippen molar-refractivity contribution in [2.45, 2.75) is 69.3 Å². The number of carbonyl (C=O) groups excluding carboxylic acids is 2. The summed E-state index contributed by atoms with van der Waals surface area (Å²) < 4.78 is 2.98. The van der Waals surface area contributed by atoms with Crippen molar-refractivity contribution in [3.8, 4) is 0 Å². The van der Waals surface area contributed by atoms with E-state index in [0.717, 1.165) is 0 Å². The van der Waals surface area contributed by atoms with Crippen molar-refractivity contribution in [3.05, 3.63) is 46.6 Å². The van der Waals surface area contributed by atoms with Crippen molar-refractivity contribution in [1.82, 2.24) is 0 Å². The Morgan fingerprint density at radius 1 is 1.11 bits per heavy atom. The van der Waals surface area contributed by atoms with Crippen molar-refractivity contribution < 1.29 is 34.5 Å². The number of allylic oxidation sites excluding steroid dienone is 5. The number of carbonyl (C=O) groups is 2. The van der Waals surface area contributed by atoms with Crippen LogP contribution in [-0.4, -0.2) is 55.3 Å². The molecule has 0 aromatic rings. The summed E-state index contributed by atoms with van der Waals surface area (Å²) in [5.74, 6) is -5.71. The first-order valence-electron chi connectivity index (χ1n) is 12.5. The Bertz CT molecular complexity index is 993. The quantitative estimate of drug-likeness (QED) is 0.171. The van der Waals surface area contributed by atoms with Gasteiger partial charge in [0, 0.05) is 5.92 Å². The minimum atomic E-state index is -2.37. The summed E-state index contributed by atoms with van der Waals surface area (Å²) in [5.41, 5.74) is -1.53. The molecule has 0 radical (unpaired) electrons. The van der Waals surface area contributed by atoms with Crippen LogP contribution in [0.3, 0.4) is 0 Å². The van der Waals surface area contributed by atoms with Crippen molar-refractivity contribution in [2.24, 2.45) is 41.4 Å². The van der Waals surface area contributed by atoms with Gasteiger partial charge in [-0.25, -0.2) is 0 Å². The van der Waals surface area contributed by atoms with Crippen LogP contribution in [0.2, 0.25) is 0 Å². The molecule has 1 fully saturated rings. The molecule has 37 heavy (non-hydrogen) atoms. The number of aliphatic hydroxyl groups excluding tert-OH is 1. The zero-order valence-electron chi connectivity index (χ0n) is 21.5. The average molecular weight is 560 g/mol. The maximum absolute atomic E-state index is 14.1. The lowest BCUT2D eigenvalue weighted by atomic mass is 9.54. The van der Waals surface area contributed by atoms with E-state index in [4.69, 9.17) is 32.8 Å². The standard InChI is InChI=1S/C26H35Cl2NO8/c1-13-8-6-7-9-14(2)36-24(32)16(4)21(30)26(27,28)22(31)20-18(13)11-10-17-12-25(5,33)23(37-29(34)35)15(3)19(17)20/h6-11,13-21,23,30,33H,12H2,1-5H3/b8-6-,9-7+/t13-,14+,15+,16+,17-,18+,19-,20-,21?,23-,25-/m1/s1. The average Bonchev–Trinajstić information content (AvgIpc) is 2.81. The predicted molar refractivity (Wildman–Crippen MR) is 137 cm³/mol. The second-order valence-electron chi connectivity index (χ2n) is 10.9. The molecule has 11 heteroatoms. The minimum absolute atomic E-state index is 0.112. The van der Waals surface area contributed by atoms with E-state index in [-0.39, 0.29) is 18.3 Å². The van der Waals surface area contributed by atoms with E-state index in [9.17, 15) is 29.9 Å². The number of aliphatic hydroxyl groups is 2. The van der Waals surface area contributed by atoms with Crippen LogP contribution in [-0.2, 0) is 19.2 Å². The van der Waals surface area contributed by atoms with Crippen LogP contribution in [0, 0.1) is 51.5 Å². The molecule has 1 heterocycles. The number of hydrogen-bond acceptors (Lipinski definition) is 8. The lowest BCUT2D eigenvalue weighted by Crippen LogP contribution is -2.60. The van der Waals surface area contributed by atoms with Crippen LogP contribution in [0.25, 0.3) is 0 Å². The number of hydrogen-bond donors (Lipinski definition) is 2. The van der Waals surface area contributed by atoms with Gasteiger partial charge >= 0.3 is 5.97 Å². The third-order valence-electron chi connectivity index (χ3n) is 8.12. The van der Waals surface area contributed by atoms with Gasteiger partial charge < -0.3 is 19.8 Å². The van der Waals surface area contributed by atoms with E-state index in [2.05, 4.69) is 0 Å². The van der Waals surface area contributed by atoms with Gasteiger partial charge in [-0.2, -0.15) is 0 Å². The molecule has 0 saturated heterocycles. The molecular formula is C26H35Cl2NO8. The molecule has 11 atom stereocenters. The van der Waals surface area contributed by atoms with E-state index in [1.165, 1.54) is 13.8 Å². The van der Waals surface area contributed by atoms with E-state index in [0.29, 0.717) is 0 Å². The topological polar surface area (TPSA) is 136 Å². The number of nitrogens with zero attached hydrogens (tertiary/aromatic N) is 1. The van der Waals surface area contributed by atoms with E-state index in [1.54, 1.807) is 32.1 Å². The largest absolute Gasteiger partial charge is 0.458 e. The molecule has 0 bridgehead atoms. The molecule has 9 nitrogen and oxygen atoms in total. The van der Waals surface area contributed by atoms with Crippen molar-refractivity contribution >= 4 is 35.0 Å². The molecule has 2 N–H and O–H groups in total. The highest BCUT2D eigenvalue weighted by Gasteiger charge is 2.59. The normalized spacial score (nSPS) is 46.0. The zero-order valence-corrected chi connectivity index (χ0v) is 23.0. The van der Waals surface area contributed by atoms with Crippen molar-refractivity contribution in [2.75, 3.05) is 0 Å². The van der Waals surface area contributed by atoms with Gasteiger partial charge in [-0.05, 0) is 62.9 Å². The van der Waals surface area contributed by atoms with Crippen LogP contribution in [0.15, 0.2) is 36.5 Å². The summed E-state index contributed by atoms with van der Waals surface area (Å²) in [6.07, 6.45) is 7.47. The molecule has 0 amide bonds. The Hall–Kier alpha value is -1.94. The zero-order chi connectivity index (χ0) is 27.9. The summed E-state index contributed by atoms with van der Waals surface area (Å²) in [6, 6.07) is 0. The molecular weight excluding hydrogens is 525 g/mol. The van der Waals surface area contributed by atoms with Gasteiger partial charge in [0.1, 0.15) is 18.3 Å². The molecule has 1 unspecified atom stereocenters. The first kappa shape index (κ1) is 29.6. The second kappa shape index (κ2) is 11.0. The highest BCUT2D eigenvalue weighted by atomic mass is 35.5. The summed E-state index contributed by atoms with van der Waals surface area (Å²) in [5, 5.41) is 32.4. The Balaban J connectivity index is 2.14. The fraction of sp³-hybridized carbons (Fsp3) is 0.692. The van der Waals surface area contributed by atoms with E-state index >= 15 is 0 Å². The number of esters is 1.